The Morgan fingerprint density at radius 1 is 1.17 bits per heavy atom. The fourth-order valence-corrected chi connectivity index (χ4v) is 2.52. The molecule has 0 fully saturated rings. The van der Waals surface area contributed by atoms with Crippen molar-refractivity contribution >= 4 is 28.8 Å². The van der Waals surface area contributed by atoms with Crippen LogP contribution in [0.4, 0.5) is 5.82 Å². The number of nitrogens with zero attached hydrogens (tertiary/aromatic N) is 4. The molecule has 0 bridgehead atoms. The number of aromatic nitrogens is 3. The van der Waals surface area contributed by atoms with Crippen molar-refractivity contribution in [1.29, 1.82) is 0 Å². The van der Waals surface area contributed by atoms with Crippen LogP contribution in [0.3, 0.4) is 0 Å². The molecule has 0 aromatic carbocycles. The number of halogens is 1. The lowest BCUT2D eigenvalue weighted by Crippen LogP contribution is -2.19. The minimum Gasteiger partial charge on any atom is -0.351 e. The number of anilines is 1. The molecule has 0 aliphatic rings. The highest BCUT2D eigenvalue weighted by Crippen LogP contribution is 2.23. The van der Waals surface area contributed by atoms with E-state index in [-0.39, 0.29) is 0 Å². The summed E-state index contributed by atoms with van der Waals surface area (Å²) in [5.74, 6) is 0.699. The smallest absolute Gasteiger partial charge is 0.171 e. The standard InChI is InChI=1S/C12H15ClN4S/c1-7-8(2)15-12(11(13)14-7)17(4)5-10-6-18-9(3)16-10/h6H,5H2,1-4H3. The van der Waals surface area contributed by atoms with Crippen molar-refractivity contribution in [3.63, 3.8) is 0 Å². The molecular weight excluding hydrogens is 268 g/mol. The van der Waals surface area contributed by atoms with Crippen LogP contribution in [0.25, 0.3) is 0 Å². The zero-order chi connectivity index (χ0) is 13.3. The zero-order valence-electron chi connectivity index (χ0n) is 10.9. The van der Waals surface area contributed by atoms with E-state index in [0.29, 0.717) is 17.5 Å². The molecule has 2 aromatic heterocycles. The first-order valence-corrected chi connectivity index (χ1v) is 6.86. The Hall–Kier alpha value is -1.20. The molecule has 2 heterocycles. The molecule has 0 saturated carbocycles. The second-order valence-corrected chi connectivity index (χ2v) is 5.64. The highest BCUT2D eigenvalue weighted by atomic mass is 35.5. The van der Waals surface area contributed by atoms with Gasteiger partial charge in [0, 0.05) is 12.4 Å². The van der Waals surface area contributed by atoms with Gasteiger partial charge in [-0.05, 0) is 20.8 Å². The molecule has 0 spiro atoms. The van der Waals surface area contributed by atoms with Crippen LogP contribution < -0.4 is 4.90 Å². The van der Waals surface area contributed by atoms with Gasteiger partial charge in [-0.3, -0.25) is 0 Å². The summed E-state index contributed by atoms with van der Waals surface area (Å²) in [6, 6.07) is 0. The van der Waals surface area contributed by atoms with E-state index < -0.39 is 0 Å². The molecule has 4 nitrogen and oxygen atoms in total. The number of aryl methyl sites for hydroxylation is 3. The van der Waals surface area contributed by atoms with E-state index in [2.05, 4.69) is 15.0 Å². The zero-order valence-corrected chi connectivity index (χ0v) is 12.4. The molecule has 0 aliphatic carbocycles. The third-order valence-corrected chi connectivity index (χ3v) is 3.75. The van der Waals surface area contributed by atoms with Gasteiger partial charge in [-0.25, -0.2) is 15.0 Å². The number of hydrogen-bond acceptors (Lipinski definition) is 5. The number of thiazole rings is 1. The maximum absolute atomic E-state index is 6.13. The normalized spacial score (nSPS) is 10.7. The summed E-state index contributed by atoms with van der Waals surface area (Å²) in [5.41, 5.74) is 2.79. The quantitative estimate of drug-likeness (QED) is 0.867. The molecule has 18 heavy (non-hydrogen) atoms. The third-order valence-electron chi connectivity index (χ3n) is 2.67. The van der Waals surface area contributed by atoms with Crippen molar-refractivity contribution in [2.45, 2.75) is 27.3 Å². The van der Waals surface area contributed by atoms with Gasteiger partial charge in [0.15, 0.2) is 11.0 Å². The van der Waals surface area contributed by atoms with E-state index in [1.54, 1.807) is 11.3 Å². The fourth-order valence-electron chi connectivity index (χ4n) is 1.61. The lowest BCUT2D eigenvalue weighted by atomic mass is 10.3. The summed E-state index contributed by atoms with van der Waals surface area (Å²) in [4.78, 5) is 15.2. The van der Waals surface area contributed by atoms with Gasteiger partial charge in [0.05, 0.1) is 28.6 Å². The molecule has 0 radical (unpaired) electrons. The predicted molar refractivity (Wildman–Crippen MR) is 75.5 cm³/mol. The molecule has 0 N–H and O–H groups in total. The van der Waals surface area contributed by atoms with Crippen molar-refractivity contribution < 1.29 is 0 Å². The second-order valence-electron chi connectivity index (χ2n) is 4.22. The van der Waals surface area contributed by atoms with E-state index in [1.165, 1.54) is 0 Å². The van der Waals surface area contributed by atoms with Crippen molar-refractivity contribution in [3.05, 3.63) is 32.6 Å². The van der Waals surface area contributed by atoms with E-state index in [0.717, 1.165) is 22.1 Å². The average molecular weight is 283 g/mol. The molecule has 2 aromatic rings. The summed E-state index contributed by atoms with van der Waals surface area (Å²) >= 11 is 7.78. The predicted octanol–water partition coefficient (Wildman–Crippen LogP) is 3.15. The van der Waals surface area contributed by atoms with Crippen LogP contribution in [0, 0.1) is 20.8 Å². The van der Waals surface area contributed by atoms with E-state index in [9.17, 15) is 0 Å². The Kier molecular flexibility index (Phi) is 3.82. The average Bonchev–Trinajstić information content (AvgIpc) is 2.69. The largest absolute Gasteiger partial charge is 0.351 e. The van der Waals surface area contributed by atoms with Gasteiger partial charge >= 0.3 is 0 Å². The SMILES string of the molecule is Cc1nc(CN(C)c2nc(C)c(C)nc2Cl)cs1. The minimum atomic E-state index is 0.438. The Morgan fingerprint density at radius 2 is 1.83 bits per heavy atom. The lowest BCUT2D eigenvalue weighted by molar-refractivity contribution is 0.854. The highest BCUT2D eigenvalue weighted by Gasteiger charge is 2.13. The Morgan fingerprint density at radius 3 is 2.44 bits per heavy atom. The van der Waals surface area contributed by atoms with Gasteiger partial charge in [0.2, 0.25) is 0 Å². The molecule has 0 atom stereocenters. The molecular formula is C12H15ClN4S. The Bertz CT molecular complexity index is 567. The van der Waals surface area contributed by atoms with Crippen molar-refractivity contribution in [2.75, 3.05) is 11.9 Å². The van der Waals surface area contributed by atoms with Crippen LogP contribution in [0.1, 0.15) is 22.1 Å². The van der Waals surface area contributed by atoms with Gasteiger partial charge < -0.3 is 4.90 Å². The Balaban J connectivity index is 2.23. The van der Waals surface area contributed by atoms with Crippen LogP contribution in [0.5, 0.6) is 0 Å². The van der Waals surface area contributed by atoms with Crippen LogP contribution in [-0.2, 0) is 6.54 Å². The van der Waals surface area contributed by atoms with Gasteiger partial charge in [-0.1, -0.05) is 11.6 Å². The molecule has 0 saturated heterocycles. The molecule has 0 unspecified atom stereocenters. The highest BCUT2D eigenvalue weighted by molar-refractivity contribution is 7.09. The van der Waals surface area contributed by atoms with Crippen molar-refractivity contribution in [1.82, 2.24) is 15.0 Å². The Labute approximate surface area is 116 Å². The first-order valence-electron chi connectivity index (χ1n) is 5.60. The molecule has 2 rings (SSSR count). The topological polar surface area (TPSA) is 41.9 Å². The van der Waals surface area contributed by atoms with Crippen LogP contribution in [0.2, 0.25) is 5.15 Å². The van der Waals surface area contributed by atoms with Gasteiger partial charge in [0.1, 0.15) is 0 Å². The van der Waals surface area contributed by atoms with Crippen LogP contribution in [-0.4, -0.2) is 22.0 Å². The minimum absolute atomic E-state index is 0.438. The number of hydrogen-bond donors (Lipinski definition) is 0. The monoisotopic (exact) mass is 282 g/mol. The molecule has 0 aliphatic heterocycles. The van der Waals surface area contributed by atoms with Gasteiger partial charge in [-0.2, -0.15) is 0 Å². The third kappa shape index (κ3) is 2.79. The van der Waals surface area contributed by atoms with E-state index in [4.69, 9.17) is 11.6 Å². The van der Waals surface area contributed by atoms with Gasteiger partial charge in [0.25, 0.3) is 0 Å². The van der Waals surface area contributed by atoms with E-state index in [1.807, 2.05) is 38.1 Å². The maximum atomic E-state index is 6.13. The first kappa shape index (κ1) is 13.2. The van der Waals surface area contributed by atoms with Gasteiger partial charge in [-0.15, -0.1) is 11.3 Å². The molecule has 6 heteroatoms. The second kappa shape index (κ2) is 5.20. The van der Waals surface area contributed by atoms with Crippen molar-refractivity contribution in [2.24, 2.45) is 0 Å². The summed E-state index contributed by atoms with van der Waals surface area (Å²) in [6.07, 6.45) is 0. The maximum Gasteiger partial charge on any atom is 0.171 e. The van der Waals surface area contributed by atoms with E-state index >= 15 is 0 Å². The van der Waals surface area contributed by atoms with Crippen LogP contribution >= 0.6 is 22.9 Å². The summed E-state index contributed by atoms with van der Waals surface area (Å²) in [5, 5.41) is 3.55. The lowest BCUT2D eigenvalue weighted by Gasteiger charge is -2.18. The first-order chi connectivity index (χ1) is 8.47. The van der Waals surface area contributed by atoms with Crippen molar-refractivity contribution in [3.8, 4) is 0 Å². The molecule has 96 valence electrons. The summed E-state index contributed by atoms with van der Waals surface area (Å²) in [6.45, 7) is 6.52. The van der Waals surface area contributed by atoms with Crippen LogP contribution in [0.15, 0.2) is 5.38 Å². The molecule has 0 amide bonds. The summed E-state index contributed by atoms with van der Waals surface area (Å²) < 4.78 is 0. The number of rotatable bonds is 3. The summed E-state index contributed by atoms with van der Waals surface area (Å²) in [7, 11) is 1.94. The fraction of sp³-hybridized carbons (Fsp3) is 0.417.